The predicted molar refractivity (Wildman–Crippen MR) is 37.3 cm³/mol. The van der Waals surface area contributed by atoms with Gasteiger partial charge < -0.3 is 4.74 Å². The van der Waals surface area contributed by atoms with Gasteiger partial charge in [-0.15, -0.1) is 0 Å². The van der Waals surface area contributed by atoms with Crippen LogP contribution in [0.3, 0.4) is 0 Å². The Labute approximate surface area is 56.8 Å². The lowest BCUT2D eigenvalue weighted by Gasteiger charge is -2.30. The van der Waals surface area contributed by atoms with E-state index in [-0.39, 0.29) is 5.72 Å². The number of ether oxygens (including phenoxy) is 1. The second-order valence-electron chi connectivity index (χ2n) is 3.02. The Hall–Kier alpha value is -0.0800. The van der Waals surface area contributed by atoms with Gasteiger partial charge in [0.1, 0.15) is 5.72 Å². The molecule has 0 spiro atoms. The number of hydrogen-bond donors (Lipinski definition) is 0. The van der Waals surface area contributed by atoms with Gasteiger partial charge in [-0.2, -0.15) is 0 Å². The molecule has 2 nitrogen and oxygen atoms in total. The molecule has 1 aliphatic heterocycles. The second-order valence-corrected chi connectivity index (χ2v) is 3.02. The summed E-state index contributed by atoms with van der Waals surface area (Å²) < 4.78 is 5.53. The van der Waals surface area contributed by atoms with E-state index in [9.17, 15) is 0 Å². The van der Waals surface area contributed by atoms with Gasteiger partial charge in [0, 0.05) is 6.61 Å². The summed E-state index contributed by atoms with van der Waals surface area (Å²) in [6.45, 7) is 3.06. The maximum Gasteiger partial charge on any atom is 0.118 e. The van der Waals surface area contributed by atoms with Crippen LogP contribution in [0, 0.1) is 0 Å². The van der Waals surface area contributed by atoms with Crippen LogP contribution in [0.5, 0.6) is 0 Å². The number of hydrogen-bond acceptors (Lipinski definition) is 2. The summed E-state index contributed by atoms with van der Waals surface area (Å²) in [6, 6.07) is 0. The van der Waals surface area contributed by atoms with Gasteiger partial charge in [0.05, 0.1) is 0 Å². The molecule has 1 fully saturated rings. The lowest BCUT2D eigenvalue weighted by molar-refractivity contribution is -0.0841. The third kappa shape index (κ3) is 1.25. The quantitative estimate of drug-likeness (QED) is 0.525. The van der Waals surface area contributed by atoms with Crippen molar-refractivity contribution in [3.05, 3.63) is 0 Å². The van der Waals surface area contributed by atoms with Crippen LogP contribution < -0.4 is 0 Å². The molecule has 0 saturated carbocycles. The summed E-state index contributed by atoms with van der Waals surface area (Å²) in [5, 5.41) is 0. The predicted octanol–water partition coefficient (Wildman–Crippen LogP) is 1.07. The second kappa shape index (κ2) is 2.27. The highest BCUT2D eigenvalue weighted by atomic mass is 16.5. The van der Waals surface area contributed by atoms with E-state index in [2.05, 4.69) is 25.9 Å². The molecule has 0 bridgehead atoms. The van der Waals surface area contributed by atoms with Crippen molar-refractivity contribution in [3.8, 4) is 0 Å². The molecule has 0 aromatic carbocycles. The van der Waals surface area contributed by atoms with Gasteiger partial charge in [-0.1, -0.05) is 0 Å². The summed E-state index contributed by atoms with van der Waals surface area (Å²) in [5.41, 5.74) is 0.0278. The van der Waals surface area contributed by atoms with Crippen molar-refractivity contribution in [3.63, 3.8) is 0 Å². The fourth-order valence-electron chi connectivity index (χ4n) is 1.12. The van der Waals surface area contributed by atoms with Crippen LogP contribution in [-0.2, 0) is 4.74 Å². The monoisotopic (exact) mass is 129 g/mol. The van der Waals surface area contributed by atoms with E-state index in [1.165, 1.54) is 12.8 Å². The molecule has 1 aliphatic rings. The number of rotatable bonds is 1. The molecule has 0 N–H and O–H groups in total. The lowest BCUT2D eigenvalue weighted by atomic mass is 10.1. The first-order valence-electron chi connectivity index (χ1n) is 3.46. The van der Waals surface area contributed by atoms with Crippen LogP contribution in [0.2, 0.25) is 0 Å². The molecule has 9 heavy (non-hydrogen) atoms. The zero-order valence-electron chi connectivity index (χ0n) is 6.48. The Morgan fingerprint density at radius 2 is 2.11 bits per heavy atom. The molecule has 0 radical (unpaired) electrons. The summed E-state index contributed by atoms with van der Waals surface area (Å²) in [6.07, 6.45) is 2.37. The van der Waals surface area contributed by atoms with E-state index in [1.54, 1.807) is 0 Å². The van der Waals surface area contributed by atoms with Crippen LogP contribution in [0.4, 0.5) is 0 Å². The minimum absolute atomic E-state index is 0.0278. The zero-order chi connectivity index (χ0) is 6.91. The lowest BCUT2D eigenvalue weighted by Crippen LogP contribution is -2.40. The molecule has 0 aromatic heterocycles. The van der Waals surface area contributed by atoms with Crippen molar-refractivity contribution < 1.29 is 4.74 Å². The Balaban J connectivity index is 2.51. The minimum Gasteiger partial charge on any atom is -0.361 e. The molecular formula is C7H15NO. The average molecular weight is 129 g/mol. The van der Waals surface area contributed by atoms with E-state index < -0.39 is 0 Å². The van der Waals surface area contributed by atoms with Crippen molar-refractivity contribution in [2.24, 2.45) is 0 Å². The first kappa shape index (κ1) is 7.03. The molecule has 0 aliphatic carbocycles. The van der Waals surface area contributed by atoms with Crippen LogP contribution in [0.1, 0.15) is 19.8 Å². The van der Waals surface area contributed by atoms with Crippen LogP contribution >= 0.6 is 0 Å². The molecule has 54 valence electrons. The van der Waals surface area contributed by atoms with E-state index >= 15 is 0 Å². The van der Waals surface area contributed by atoms with E-state index in [0.29, 0.717) is 0 Å². The van der Waals surface area contributed by atoms with E-state index in [1.807, 2.05) is 0 Å². The van der Waals surface area contributed by atoms with Crippen molar-refractivity contribution in [2.45, 2.75) is 25.5 Å². The summed E-state index contributed by atoms with van der Waals surface area (Å²) in [5.74, 6) is 0. The smallest absolute Gasteiger partial charge is 0.118 e. The topological polar surface area (TPSA) is 12.5 Å². The van der Waals surface area contributed by atoms with Crippen molar-refractivity contribution >= 4 is 0 Å². The molecule has 2 heteroatoms. The molecule has 1 heterocycles. The van der Waals surface area contributed by atoms with Crippen molar-refractivity contribution in [2.75, 3.05) is 20.7 Å². The van der Waals surface area contributed by atoms with Gasteiger partial charge in [0.25, 0.3) is 0 Å². The Bertz CT molecular complexity index is 95.1. The molecule has 0 amide bonds. The highest BCUT2D eigenvalue weighted by molar-refractivity contribution is 4.76. The maximum atomic E-state index is 5.53. The average Bonchev–Trinajstić information content (AvgIpc) is 2.16. The minimum atomic E-state index is 0.0278. The van der Waals surface area contributed by atoms with E-state index in [0.717, 1.165) is 6.61 Å². The van der Waals surface area contributed by atoms with Gasteiger partial charge >= 0.3 is 0 Å². The van der Waals surface area contributed by atoms with Crippen molar-refractivity contribution in [1.82, 2.24) is 4.90 Å². The standard InChI is InChI=1S/C7H15NO/c1-7(8(2)3)5-4-6-9-7/h4-6H2,1-3H3/t7-/m1/s1. The molecular weight excluding hydrogens is 114 g/mol. The zero-order valence-corrected chi connectivity index (χ0v) is 6.48. The highest BCUT2D eigenvalue weighted by Gasteiger charge is 2.31. The Morgan fingerprint density at radius 3 is 2.33 bits per heavy atom. The molecule has 0 unspecified atom stereocenters. The fourth-order valence-corrected chi connectivity index (χ4v) is 1.12. The van der Waals surface area contributed by atoms with E-state index in [4.69, 9.17) is 4.74 Å². The third-order valence-corrected chi connectivity index (χ3v) is 2.14. The molecule has 1 rings (SSSR count). The SMILES string of the molecule is CN(C)[C@@]1(C)CCCO1. The molecule has 1 atom stereocenters. The number of nitrogens with zero attached hydrogens (tertiary/aromatic N) is 1. The Morgan fingerprint density at radius 1 is 1.44 bits per heavy atom. The van der Waals surface area contributed by atoms with Gasteiger partial charge in [0.2, 0.25) is 0 Å². The summed E-state index contributed by atoms with van der Waals surface area (Å²) in [7, 11) is 4.12. The summed E-state index contributed by atoms with van der Waals surface area (Å²) in [4.78, 5) is 2.14. The van der Waals surface area contributed by atoms with Crippen LogP contribution in [-0.4, -0.2) is 31.3 Å². The van der Waals surface area contributed by atoms with Gasteiger partial charge in [0.15, 0.2) is 0 Å². The maximum absolute atomic E-state index is 5.53. The normalized spacial score (nSPS) is 36.0. The van der Waals surface area contributed by atoms with Crippen LogP contribution in [0.25, 0.3) is 0 Å². The highest BCUT2D eigenvalue weighted by Crippen LogP contribution is 2.26. The first-order chi connectivity index (χ1) is 4.15. The summed E-state index contributed by atoms with van der Waals surface area (Å²) >= 11 is 0. The van der Waals surface area contributed by atoms with Gasteiger partial charge in [-0.3, -0.25) is 4.90 Å². The molecule has 1 saturated heterocycles. The third-order valence-electron chi connectivity index (χ3n) is 2.14. The Kier molecular flexibility index (Phi) is 1.78. The van der Waals surface area contributed by atoms with Gasteiger partial charge in [-0.05, 0) is 33.9 Å². The van der Waals surface area contributed by atoms with Gasteiger partial charge in [-0.25, -0.2) is 0 Å². The largest absolute Gasteiger partial charge is 0.361 e. The first-order valence-corrected chi connectivity index (χ1v) is 3.46. The molecule has 0 aromatic rings. The van der Waals surface area contributed by atoms with Crippen LogP contribution in [0.15, 0.2) is 0 Å². The van der Waals surface area contributed by atoms with Crippen molar-refractivity contribution in [1.29, 1.82) is 0 Å². The fraction of sp³-hybridized carbons (Fsp3) is 1.00.